The number of hydrogen-bond acceptors (Lipinski definition) is 4. The predicted molar refractivity (Wildman–Crippen MR) is 106 cm³/mol. The Morgan fingerprint density at radius 1 is 1.07 bits per heavy atom. The molecule has 2 amide bonds. The third kappa shape index (κ3) is 4.71. The molecule has 0 radical (unpaired) electrons. The number of urea groups is 1. The van der Waals surface area contributed by atoms with Crippen LogP contribution in [0.4, 0.5) is 4.79 Å². The quantitative estimate of drug-likeness (QED) is 0.733. The zero-order valence-electron chi connectivity index (χ0n) is 16.2. The van der Waals surface area contributed by atoms with Crippen molar-refractivity contribution >= 4 is 12.0 Å². The summed E-state index contributed by atoms with van der Waals surface area (Å²) < 4.78 is 11.3. The first-order chi connectivity index (χ1) is 13.4. The average Bonchev–Trinajstić information content (AvgIpc) is 2.66. The third-order valence-electron chi connectivity index (χ3n) is 4.21. The highest BCUT2D eigenvalue weighted by Crippen LogP contribution is 2.31. The number of amides is 2. The Morgan fingerprint density at radius 2 is 1.79 bits per heavy atom. The van der Waals surface area contributed by atoms with Gasteiger partial charge in [0.05, 0.1) is 18.2 Å². The summed E-state index contributed by atoms with van der Waals surface area (Å²) in [5.74, 6) is 1.09. The number of hydrogen-bond donors (Lipinski definition) is 2. The average molecular weight is 380 g/mol. The van der Waals surface area contributed by atoms with Crippen LogP contribution in [0.3, 0.4) is 0 Å². The minimum Gasteiger partial charge on any atom is -0.462 e. The second-order valence-electron chi connectivity index (χ2n) is 7.05. The van der Waals surface area contributed by atoms with Crippen LogP contribution in [-0.2, 0) is 9.53 Å². The topological polar surface area (TPSA) is 76.7 Å². The molecule has 1 atom stereocenters. The Hall–Kier alpha value is -3.28. The minimum atomic E-state index is -0.618. The fraction of sp³-hybridized carbons (Fsp3) is 0.273. The van der Waals surface area contributed by atoms with E-state index in [1.165, 1.54) is 0 Å². The lowest BCUT2D eigenvalue weighted by atomic mass is 9.95. The summed E-state index contributed by atoms with van der Waals surface area (Å²) in [7, 11) is 0. The lowest BCUT2D eigenvalue weighted by molar-refractivity contribution is -0.140. The van der Waals surface area contributed by atoms with Gasteiger partial charge in [0.2, 0.25) is 0 Å². The number of para-hydroxylation sites is 1. The van der Waals surface area contributed by atoms with Crippen LogP contribution in [-0.4, -0.2) is 18.6 Å². The van der Waals surface area contributed by atoms with Crippen molar-refractivity contribution in [3.05, 3.63) is 71.4 Å². The first kappa shape index (κ1) is 19.5. The van der Waals surface area contributed by atoms with Crippen molar-refractivity contribution in [1.82, 2.24) is 10.6 Å². The molecule has 2 aromatic carbocycles. The molecule has 0 fully saturated rings. The lowest BCUT2D eigenvalue weighted by Gasteiger charge is -2.28. The standard InChI is InChI=1S/C22H24N2O4/c1-14(2)13-27-21(25)19-15(3)23-22(26)24-20(19)16-8-7-11-18(12-16)28-17-9-5-4-6-10-17/h4-12,14,20H,13H2,1-3H3,(H2,23,24,26). The fourth-order valence-electron chi connectivity index (χ4n) is 2.92. The summed E-state index contributed by atoms with van der Waals surface area (Å²) in [6.45, 7) is 5.95. The molecule has 3 rings (SSSR count). The molecule has 1 aliphatic rings. The van der Waals surface area contributed by atoms with E-state index in [1.54, 1.807) is 6.92 Å². The van der Waals surface area contributed by atoms with E-state index in [0.29, 0.717) is 29.4 Å². The molecule has 1 heterocycles. The van der Waals surface area contributed by atoms with Gasteiger partial charge >= 0.3 is 12.0 Å². The predicted octanol–water partition coefficient (Wildman–Crippen LogP) is 4.31. The normalized spacial score (nSPS) is 16.4. The molecule has 0 aromatic heterocycles. The van der Waals surface area contributed by atoms with E-state index in [4.69, 9.17) is 9.47 Å². The zero-order chi connectivity index (χ0) is 20.1. The molecule has 6 heteroatoms. The summed E-state index contributed by atoms with van der Waals surface area (Å²) in [6, 6.07) is 15.7. The Labute approximate surface area is 164 Å². The SMILES string of the molecule is CC1=C(C(=O)OCC(C)C)C(c2cccc(Oc3ccccc3)c2)NC(=O)N1. The first-order valence-corrected chi connectivity index (χ1v) is 9.22. The van der Waals surface area contributed by atoms with E-state index in [9.17, 15) is 9.59 Å². The summed E-state index contributed by atoms with van der Waals surface area (Å²) in [6.07, 6.45) is 0. The van der Waals surface area contributed by atoms with Gasteiger partial charge in [-0.05, 0) is 42.7 Å². The number of nitrogens with one attached hydrogen (secondary N) is 2. The molecule has 2 aromatic rings. The van der Waals surface area contributed by atoms with E-state index in [-0.39, 0.29) is 11.9 Å². The summed E-state index contributed by atoms with van der Waals surface area (Å²) in [4.78, 5) is 24.7. The maximum Gasteiger partial charge on any atom is 0.338 e. The Kier molecular flexibility index (Phi) is 5.99. The molecule has 1 aliphatic heterocycles. The fourth-order valence-corrected chi connectivity index (χ4v) is 2.92. The van der Waals surface area contributed by atoms with Gasteiger partial charge in [-0.2, -0.15) is 0 Å². The van der Waals surface area contributed by atoms with Crippen LogP contribution in [0.5, 0.6) is 11.5 Å². The van der Waals surface area contributed by atoms with Crippen molar-refractivity contribution in [1.29, 1.82) is 0 Å². The second kappa shape index (κ2) is 8.61. The van der Waals surface area contributed by atoms with Crippen LogP contribution in [0.15, 0.2) is 65.9 Å². The van der Waals surface area contributed by atoms with Crippen LogP contribution in [0.1, 0.15) is 32.4 Å². The maximum absolute atomic E-state index is 12.7. The van der Waals surface area contributed by atoms with Gasteiger partial charge in [-0.3, -0.25) is 0 Å². The Balaban J connectivity index is 1.89. The van der Waals surface area contributed by atoms with Gasteiger partial charge in [0.1, 0.15) is 11.5 Å². The number of esters is 1. The van der Waals surface area contributed by atoms with Crippen molar-refractivity contribution in [3.8, 4) is 11.5 Å². The van der Waals surface area contributed by atoms with Crippen molar-refractivity contribution in [3.63, 3.8) is 0 Å². The molecule has 1 unspecified atom stereocenters. The summed E-state index contributed by atoms with van der Waals surface area (Å²) in [5.41, 5.74) is 1.60. The Bertz CT molecular complexity index is 890. The monoisotopic (exact) mass is 380 g/mol. The largest absolute Gasteiger partial charge is 0.462 e. The maximum atomic E-state index is 12.7. The van der Waals surface area contributed by atoms with Gasteiger partial charge in [-0.25, -0.2) is 9.59 Å². The van der Waals surface area contributed by atoms with Gasteiger partial charge in [-0.15, -0.1) is 0 Å². The second-order valence-corrected chi connectivity index (χ2v) is 7.05. The molecule has 146 valence electrons. The van der Waals surface area contributed by atoms with Gasteiger partial charge < -0.3 is 20.1 Å². The van der Waals surface area contributed by atoms with Crippen LogP contribution in [0.25, 0.3) is 0 Å². The molecular weight excluding hydrogens is 356 g/mol. The molecule has 0 saturated heterocycles. The number of carbonyl (C=O) groups excluding carboxylic acids is 2. The van der Waals surface area contributed by atoms with Crippen molar-refractivity contribution in [2.75, 3.05) is 6.61 Å². The van der Waals surface area contributed by atoms with Crippen LogP contribution >= 0.6 is 0 Å². The van der Waals surface area contributed by atoms with Crippen molar-refractivity contribution in [2.24, 2.45) is 5.92 Å². The number of benzene rings is 2. The molecule has 0 saturated carbocycles. The third-order valence-corrected chi connectivity index (χ3v) is 4.21. The van der Waals surface area contributed by atoms with Crippen LogP contribution < -0.4 is 15.4 Å². The van der Waals surface area contributed by atoms with E-state index < -0.39 is 12.0 Å². The highest BCUT2D eigenvalue weighted by molar-refractivity contribution is 5.95. The van der Waals surface area contributed by atoms with Crippen molar-refractivity contribution in [2.45, 2.75) is 26.8 Å². The minimum absolute atomic E-state index is 0.219. The summed E-state index contributed by atoms with van der Waals surface area (Å²) >= 11 is 0. The Morgan fingerprint density at radius 3 is 2.50 bits per heavy atom. The molecule has 6 nitrogen and oxygen atoms in total. The highest BCUT2D eigenvalue weighted by Gasteiger charge is 2.32. The van der Waals surface area contributed by atoms with Crippen molar-refractivity contribution < 1.29 is 19.1 Å². The van der Waals surface area contributed by atoms with E-state index >= 15 is 0 Å². The number of ether oxygens (including phenoxy) is 2. The lowest BCUT2D eigenvalue weighted by Crippen LogP contribution is -2.45. The van der Waals surface area contributed by atoms with Gasteiger partial charge in [0.25, 0.3) is 0 Å². The molecular formula is C22H24N2O4. The molecule has 0 aliphatic carbocycles. The number of allylic oxidation sites excluding steroid dienone is 1. The molecule has 0 bridgehead atoms. The van der Waals surface area contributed by atoms with E-state index in [2.05, 4.69) is 10.6 Å². The molecule has 0 spiro atoms. The van der Waals surface area contributed by atoms with Gasteiger partial charge in [0, 0.05) is 5.70 Å². The smallest absolute Gasteiger partial charge is 0.338 e. The number of carbonyl (C=O) groups is 2. The summed E-state index contributed by atoms with van der Waals surface area (Å²) in [5, 5.41) is 5.46. The molecule has 2 N–H and O–H groups in total. The molecule has 28 heavy (non-hydrogen) atoms. The van der Waals surface area contributed by atoms with Gasteiger partial charge in [0.15, 0.2) is 0 Å². The number of rotatable bonds is 6. The van der Waals surface area contributed by atoms with E-state index in [0.717, 1.165) is 5.56 Å². The van der Waals surface area contributed by atoms with Crippen LogP contribution in [0, 0.1) is 5.92 Å². The highest BCUT2D eigenvalue weighted by atomic mass is 16.5. The van der Waals surface area contributed by atoms with E-state index in [1.807, 2.05) is 68.4 Å². The van der Waals surface area contributed by atoms with Crippen LogP contribution in [0.2, 0.25) is 0 Å². The first-order valence-electron chi connectivity index (χ1n) is 9.22. The van der Waals surface area contributed by atoms with Gasteiger partial charge in [-0.1, -0.05) is 44.2 Å². The zero-order valence-corrected chi connectivity index (χ0v) is 16.2.